The molecule has 0 spiro atoms. The van der Waals surface area contributed by atoms with Gasteiger partial charge in [-0.2, -0.15) is 0 Å². The van der Waals surface area contributed by atoms with Gasteiger partial charge in [-0.1, -0.05) is 6.07 Å². The predicted octanol–water partition coefficient (Wildman–Crippen LogP) is 3.10. The minimum atomic E-state index is -0.342. The molecular weight excluding hydrogens is 266 g/mol. The summed E-state index contributed by atoms with van der Waals surface area (Å²) in [4.78, 5) is 19.1. The van der Waals surface area contributed by atoms with Crippen molar-refractivity contribution in [2.24, 2.45) is 0 Å². The number of anilines is 3. The summed E-state index contributed by atoms with van der Waals surface area (Å²) < 4.78 is 0. The lowest BCUT2D eigenvalue weighted by molar-refractivity contribution is 0.262. The summed E-state index contributed by atoms with van der Waals surface area (Å²) in [5.41, 5.74) is 10.4. The molecule has 2 aromatic carbocycles. The number of fused-ring (bicyclic) bond motifs is 1. The van der Waals surface area contributed by atoms with Gasteiger partial charge in [0.25, 0.3) is 0 Å². The SMILES string of the molecule is Cc1ccc(N)c(NC(=O)Nc2ccc3nc[nH]c3c2)c1. The number of H-pyrrole nitrogens is 1. The molecule has 0 aliphatic carbocycles. The van der Waals surface area contributed by atoms with Crippen LogP contribution >= 0.6 is 0 Å². The summed E-state index contributed by atoms with van der Waals surface area (Å²) >= 11 is 0. The van der Waals surface area contributed by atoms with Crippen molar-refractivity contribution in [1.29, 1.82) is 0 Å². The Hall–Kier alpha value is -3.02. The van der Waals surface area contributed by atoms with E-state index >= 15 is 0 Å². The number of imidazole rings is 1. The van der Waals surface area contributed by atoms with Gasteiger partial charge >= 0.3 is 6.03 Å². The highest BCUT2D eigenvalue weighted by Gasteiger charge is 2.06. The lowest BCUT2D eigenvalue weighted by atomic mass is 10.2. The van der Waals surface area contributed by atoms with Gasteiger partial charge in [0.05, 0.1) is 28.7 Å². The first kappa shape index (κ1) is 13.0. The summed E-state index contributed by atoms with van der Waals surface area (Å²) in [6.45, 7) is 1.94. The molecule has 6 nitrogen and oxygen atoms in total. The maximum absolute atomic E-state index is 12.0. The van der Waals surface area contributed by atoms with Gasteiger partial charge in [0.15, 0.2) is 0 Å². The van der Waals surface area contributed by atoms with Crippen LogP contribution in [0.15, 0.2) is 42.7 Å². The molecule has 0 unspecified atom stereocenters. The monoisotopic (exact) mass is 281 g/mol. The molecule has 1 heterocycles. The van der Waals surface area contributed by atoms with Crippen LogP contribution in [0.5, 0.6) is 0 Å². The highest BCUT2D eigenvalue weighted by atomic mass is 16.2. The molecular formula is C15H15N5O. The third-order valence-electron chi connectivity index (χ3n) is 3.14. The molecule has 1 aromatic heterocycles. The quantitative estimate of drug-likeness (QED) is 0.543. The molecule has 0 aliphatic rings. The fourth-order valence-corrected chi connectivity index (χ4v) is 2.08. The van der Waals surface area contributed by atoms with Crippen molar-refractivity contribution in [3.05, 3.63) is 48.3 Å². The summed E-state index contributed by atoms with van der Waals surface area (Å²) in [6, 6.07) is 10.6. The van der Waals surface area contributed by atoms with Crippen LogP contribution in [0.1, 0.15) is 5.56 Å². The second-order valence-electron chi connectivity index (χ2n) is 4.80. The zero-order chi connectivity index (χ0) is 14.8. The third kappa shape index (κ3) is 2.79. The van der Waals surface area contributed by atoms with E-state index < -0.39 is 0 Å². The van der Waals surface area contributed by atoms with Crippen LogP contribution in [0.25, 0.3) is 11.0 Å². The topological polar surface area (TPSA) is 95.8 Å². The van der Waals surface area contributed by atoms with E-state index in [0.29, 0.717) is 17.1 Å². The normalized spacial score (nSPS) is 10.5. The van der Waals surface area contributed by atoms with E-state index in [1.54, 1.807) is 18.5 Å². The summed E-state index contributed by atoms with van der Waals surface area (Å²) in [7, 11) is 0. The number of urea groups is 1. The van der Waals surface area contributed by atoms with E-state index in [1.165, 1.54) is 0 Å². The van der Waals surface area contributed by atoms with Gasteiger partial charge in [-0.25, -0.2) is 9.78 Å². The number of hydrogen-bond donors (Lipinski definition) is 4. The first-order valence-corrected chi connectivity index (χ1v) is 6.49. The van der Waals surface area contributed by atoms with Crippen LogP contribution in [0.3, 0.4) is 0 Å². The number of nitrogen functional groups attached to an aromatic ring is 1. The summed E-state index contributed by atoms with van der Waals surface area (Å²) in [5.74, 6) is 0. The smallest absolute Gasteiger partial charge is 0.323 e. The Morgan fingerprint density at radius 2 is 2.05 bits per heavy atom. The largest absolute Gasteiger partial charge is 0.397 e. The van der Waals surface area contributed by atoms with Crippen molar-refractivity contribution in [2.45, 2.75) is 6.92 Å². The number of nitrogens with two attached hydrogens (primary N) is 1. The molecule has 0 radical (unpaired) electrons. The van der Waals surface area contributed by atoms with Crippen molar-refractivity contribution in [2.75, 3.05) is 16.4 Å². The van der Waals surface area contributed by atoms with Crippen molar-refractivity contribution in [3.8, 4) is 0 Å². The van der Waals surface area contributed by atoms with Gasteiger partial charge in [-0.05, 0) is 42.8 Å². The molecule has 0 atom stereocenters. The highest BCUT2D eigenvalue weighted by Crippen LogP contribution is 2.20. The number of hydrogen-bond acceptors (Lipinski definition) is 3. The van der Waals surface area contributed by atoms with E-state index in [4.69, 9.17) is 5.73 Å². The number of nitrogens with one attached hydrogen (secondary N) is 3. The average Bonchev–Trinajstić information content (AvgIpc) is 2.90. The van der Waals surface area contributed by atoms with E-state index in [1.807, 2.05) is 31.2 Å². The van der Waals surface area contributed by atoms with E-state index in [-0.39, 0.29) is 6.03 Å². The number of benzene rings is 2. The lowest BCUT2D eigenvalue weighted by Gasteiger charge is -2.10. The van der Waals surface area contributed by atoms with Crippen molar-refractivity contribution in [3.63, 3.8) is 0 Å². The molecule has 0 bridgehead atoms. The van der Waals surface area contributed by atoms with Gasteiger partial charge in [-0.15, -0.1) is 0 Å². The van der Waals surface area contributed by atoms with Crippen LogP contribution in [0.4, 0.5) is 21.9 Å². The van der Waals surface area contributed by atoms with Gasteiger partial charge in [0.1, 0.15) is 0 Å². The van der Waals surface area contributed by atoms with Crippen molar-refractivity contribution in [1.82, 2.24) is 9.97 Å². The standard InChI is InChI=1S/C15H15N5O/c1-9-2-4-11(16)13(6-9)20-15(21)19-10-3-5-12-14(7-10)18-8-17-12/h2-8H,16H2,1H3,(H,17,18)(H2,19,20,21). The van der Waals surface area contributed by atoms with Gasteiger partial charge in [0, 0.05) is 5.69 Å². The zero-order valence-corrected chi connectivity index (χ0v) is 11.5. The third-order valence-corrected chi connectivity index (χ3v) is 3.14. The minimum Gasteiger partial charge on any atom is -0.397 e. The van der Waals surface area contributed by atoms with Gasteiger partial charge < -0.3 is 21.4 Å². The van der Waals surface area contributed by atoms with Crippen LogP contribution in [-0.4, -0.2) is 16.0 Å². The zero-order valence-electron chi connectivity index (χ0n) is 11.5. The van der Waals surface area contributed by atoms with Gasteiger partial charge in [-0.3, -0.25) is 0 Å². The molecule has 6 heteroatoms. The number of carbonyl (C=O) groups is 1. The number of aromatic amines is 1. The highest BCUT2D eigenvalue weighted by molar-refractivity contribution is 6.02. The van der Waals surface area contributed by atoms with E-state index in [0.717, 1.165) is 16.6 Å². The fourth-order valence-electron chi connectivity index (χ4n) is 2.08. The predicted molar refractivity (Wildman–Crippen MR) is 84.3 cm³/mol. The number of amides is 2. The molecule has 0 saturated heterocycles. The van der Waals surface area contributed by atoms with Crippen LogP contribution in [-0.2, 0) is 0 Å². The summed E-state index contributed by atoms with van der Waals surface area (Å²) in [5, 5.41) is 5.51. The molecule has 0 fully saturated rings. The Balaban J connectivity index is 1.75. The molecule has 21 heavy (non-hydrogen) atoms. The summed E-state index contributed by atoms with van der Waals surface area (Å²) in [6.07, 6.45) is 1.61. The van der Waals surface area contributed by atoms with Crippen LogP contribution < -0.4 is 16.4 Å². The van der Waals surface area contributed by atoms with E-state index in [9.17, 15) is 4.79 Å². The Morgan fingerprint density at radius 3 is 2.90 bits per heavy atom. The second-order valence-corrected chi connectivity index (χ2v) is 4.80. The molecule has 5 N–H and O–H groups in total. The van der Waals surface area contributed by atoms with E-state index in [2.05, 4.69) is 20.6 Å². The molecule has 3 aromatic rings. The first-order valence-electron chi connectivity index (χ1n) is 6.49. The Morgan fingerprint density at radius 1 is 1.19 bits per heavy atom. The number of nitrogens with zero attached hydrogens (tertiary/aromatic N) is 1. The Labute approximate surface area is 121 Å². The minimum absolute atomic E-state index is 0.342. The van der Waals surface area contributed by atoms with Crippen LogP contribution in [0.2, 0.25) is 0 Å². The molecule has 3 rings (SSSR count). The van der Waals surface area contributed by atoms with Crippen molar-refractivity contribution < 1.29 is 4.79 Å². The fraction of sp³-hybridized carbons (Fsp3) is 0.0667. The number of carbonyl (C=O) groups excluding carboxylic acids is 1. The number of aryl methyl sites for hydroxylation is 1. The lowest BCUT2D eigenvalue weighted by Crippen LogP contribution is -2.20. The second kappa shape index (κ2) is 5.16. The number of aromatic nitrogens is 2. The van der Waals surface area contributed by atoms with Gasteiger partial charge in [0.2, 0.25) is 0 Å². The van der Waals surface area contributed by atoms with Crippen molar-refractivity contribution >= 4 is 34.1 Å². The molecule has 106 valence electrons. The average molecular weight is 281 g/mol. The molecule has 0 saturated carbocycles. The number of rotatable bonds is 2. The molecule has 2 amide bonds. The maximum atomic E-state index is 12.0. The maximum Gasteiger partial charge on any atom is 0.323 e. The Kier molecular flexibility index (Phi) is 3.19. The van der Waals surface area contributed by atoms with Crippen LogP contribution in [0, 0.1) is 6.92 Å². The molecule has 0 aliphatic heterocycles. The first-order chi connectivity index (χ1) is 10.1. The Bertz CT molecular complexity index is 809.